The lowest BCUT2D eigenvalue weighted by atomic mass is 10.0. The molecule has 4 rings (SSSR count). The average Bonchev–Trinajstić information content (AvgIpc) is 3.46. The van der Waals surface area contributed by atoms with Gasteiger partial charge >= 0.3 is 0 Å². The number of anilines is 2. The molecule has 0 aliphatic carbocycles. The molecule has 0 saturated carbocycles. The summed E-state index contributed by atoms with van der Waals surface area (Å²) in [4.78, 5) is 34.4. The maximum Gasteiger partial charge on any atom is 0.269 e. The number of aromatic nitrogens is 3. The lowest BCUT2D eigenvalue weighted by Gasteiger charge is -2.11. The number of nitrogens with zero attached hydrogens (tertiary/aromatic N) is 4. The summed E-state index contributed by atoms with van der Waals surface area (Å²) >= 11 is 6.24. The van der Waals surface area contributed by atoms with Crippen molar-refractivity contribution in [2.45, 2.75) is 26.0 Å². The molecular weight excluding hydrogens is 476 g/mol. The Labute approximate surface area is 206 Å². The molecule has 0 saturated heterocycles. The number of halogens is 1. The van der Waals surface area contributed by atoms with Crippen molar-refractivity contribution in [1.29, 1.82) is 0 Å². The van der Waals surface area contributed by atoms with Crippen molar-refractivity contribution in [3.05, 3.63) is 59.0 Å². The van der Waals surface area contributed by atoms with Crippen LogP contribution in [0.3, 0.4) is 0 Å². The molecule has 2 aromatic heterocycles. The van der Waals surface area contributed by atoms with E-state index in [2.05, 4.69) is 25.9 Å². The summed E-state index contributed by atoms with van der Waals surface area (Å²) in [6.07, 6.45) is 2.51. The third-order valence-corrected chi connectivity index (χ3v) is 5.51. The highest BCUT2D eigenvalue weighted by molar-refractivity contribution is 6.32. The first kappa shape index (κ1) is 24.0. The van der Waals surface area contributed by atoms with E-state index in [4.69, 9.17) is 25.9 Å². The van der Waals surface area contributed by atoms with Crippen LogP contribution in [0.2, 0.25) is 5.02 Å². The van der Waals surface area contributed by atoms with E-state index in [0.717, 1.165) is 0 Å². The zero-order valence-corrected chi connectivity index (χ0v) is 20.0. The highest BCUT2D eigenvalue weighted by Crippen LogP contribution is 2.34. The summed E-state index contributed by atoms with van der Waals surface area (Å²) in [7, 11) is 3.02. The molecule has 3 aromatic rings. The molecule has 35 heavy (non-hydrogen) atoms. The minimum Gasteiger partial charge on any atom is -0.496 e. The lowest BCUT2D eigenvalue weighted by molar-refractivity contribution is -0.125. The number of carbonyl (C=O) groups is 2. The van der Waals surface area contributed by atoms with Crippen LogP contribution in [0.5, 0.6) is 11.5 Å². The van der Waals surface area contributed by atoms with Gasteiger partial charge in [0, 0.05) is 36.0 Å². The summed E-state index contributed by atoms with van der Waals surface area (Å²) in [6.45, 7) is 1.76. The van der Waals surface area contributed by atoms with Crippen molar-refractivity contribution in [1.82, 2.24) is 14.8 Å². The quantitative estimate of drug-likeness (QED) is 0.488. The van der Waals surface area contributed by atoms with Crippen LogP contribution in [-0.2, 0) is 21.0 Å². The second-order valence-electron chi connectivity index (χ2n) is 7.63. The second kappa shape index (κ2) is 10.4. The number of rotatable bonds is 8. The number of benzene rings is 1. The molecule has 0 spiro atoms. The van der Waals surface area contributed by atoms with Gasteiger partial charge in [0.05, 0.1) is 36.8 Å². The van der Waals surface area contributed by atoms with Crippen LogP contribution >= 0.6 is 11.6 Å². The number of methoxy groups -OCH3 is 2. The highest BCUT2D eigenvalue weighted by atomic mass is 35.5. The molecule has 12 heteroatoms. The summed E-state index contributed by atoms with van der Waals surface area (Å²) in [6, 6.07) is 8.43. The number of hydrogen-bond donors (Lipinski definition) is 2. The van der Waals surface area contributed by atoms with Gasteiger partial charge in [0.15, 0.2) is 5.82 Å². The van der Waals surface area contributed by atoms with E-state index in [9.17, 15) is 9.59 Å². The second-order valence-corrected chi connectivity index (χ2v) is 8.04. The van der Waals surface area contributed by atoms with Crippen molar-refractivity contribution in [3.63, 3.8) is 0 Å². The molecule has 2 N–H and O–H groups in total. The Hall–Kier alpha value is -4.12. The molecule has 0 fully saturated rings. The van der Waals surface area contributed by atoms with Gasteiger partial charge in [0.2, 0.25) is 12.0 Å². The molecule has 0 radical (unpaired) electrons. The van der Waals surface area contributed by atoms with Crippen molar-refractivity contribution in [2.75, 3.05) is 24.9 Å². The Morgan fingerprint density at radius 2 is 2.00 bits per heavy atom. The largest absolute Gasteiger partial charge is 0.496 e. The van der Waals surface area contributed by atoms with Crippen LogP contribution in [0.4, 0.5) is 11.5 Å². The van der Waals surface area contributed by atoms with Crippen LogP contribution in [0.1, 0.15) is 17.7 Å². The van der Waals surface area contributed by atoms with Crippen LogP contribution < -0.4 is 20.1 Å². The predicted molar refractivity (Wildman–Crippen MR) is 129 cm³/mol. The van der Waals surface area contributed by atoms with Gasteiger partial charge in [0.25, 0.3) is 5.91 Å². The number of amides is 2. The fraction of sp³-hybridized carbons (Fsp3) is 0.261. The number of carbonyl (C=O) groups excluding carboxylic acids is 2. The van der Waals surface area contributed by atoms with Gasteiger partial charge in [-0.3, -0.25) is 19.3 Å². The minimum absolute atomic E-state index is 0.0260. The van der Waals surface area contributed by atoms with Gasteiger partial charge in [-0.05, 0) is 25.1 Å². The van der Waals surface area contributed by atoms with Gasteiger partial charge in [-0.1, -0.05) is 16.8 Å². The number of pyridine rings is 1. The molecule has 1 aliphatic heterocycles. The average molecular weight is 499 g/mol. The van der Waals surface area contributed by atoms with Crippen LogP contribution in [0.25, 0.3) is 0 Å². The van der Waals surface area contributed by atoms with Crippen LogP contribution in [0, 0.1) is 6.92 Å². The smallest absolute Gasteiger partial charge is 0.269 e. The zero-order chi connectivity index (χ0) is 24.9. The Bertz CT molecular complexity index is 1280. The predicted octanol–water partition coefficient (Wildman–Crippen LogP) is 3.03. The first-order chi connectivity index (χ1) is 16.9. The molecule has 1 atom stereocenters. The van der Waals surface area contributed by atoms with Gasteiger partial charge < -0.3 is 24.9 Å². The van der Waals surface area contributed by atoms with Crippen molar-refractivity contribution >= 4 is 40.6 Å². The van der Waals surface area contributed by atoms with Crippen LogP contribution in [0.15, 0.2) is 47.9 Å². The number of oxime groups is 1. The standard InChI is InChI=1S/C23H23ClN6O5/c1-13-7-21(28-30(13)12-22(31)26-14-5-4-6-25-11-14)27-23(32)20-9-17(29-35-20)15-8-16(24)19(34-3)10-18(15)33-2/h4-8,10-11,20H,9,12H2,1-3H3,(H,26,31)(H,27,28,32). The van der Waals surface area contributed by atoms with E-state index in [1.54, 1.807) is 49.6 Å². The Balaban J connectivity index is 1.37. The lowest BCUT2D eigenvalue weighted by Crippen LogP contribution is -2.28. The topological polar surface area (TPSA) is 129 Å². The normalized spacial score (nSPS) is 14.6. The Kier molecular flexibility index (Phi) is 7.16. The van der Waals surface area contributed by atoms with Crippen LogP contribution in [-0.4, -0.2) is 52.6 Å². The molecular formula is C23H23ClN6O5. The zero-order valence-electron chi connectivity index (χ0n) is 19.2. The molecule has 1 aromatic carbocycles. The highest BCUT2D eigenvalue weighted by Gasteiger charge is 2.31. The van der Waals surface area contributed by atoms with E-state index in [0.29, 0.717) is 45.0 Å². The third kappa shape index (κ3) is 5.52. The number of nitrogens with one attached hydrogen (secondary N) is 2. The fourth-order valence-corrected chi connectivity index (χ4v) is 3.71. The first-order valence-corrected chi connectivity index (χ1v) is 11.0. The molecule has 0 bridgehead atoms. The van der Waals surface area contributed by atoms with Crippen molar-refractivity contribution in [3.8, 4) is 11.5 Å². The van der Waals surface area contributed by atoms with E-state index < -0.39 is 12.0 Å². The monoisotopic (exact) mass is 498 g/mol. The molecule has 182 valence electrons. The van der Waals surface area contributed by atoms with Gasteiger partial charge in [-0.25, -0.2) is 0 Å². The SMILES string of the molecule is COc1cc(OC)c(C2=NOC(C(=O)Nc3cc(C)n(CC(=O)Nc4cccnc4)n3)C2)cc1Cl. The maximum absolute atomic E-state index is 12.8. The Morgan fingerprint density at radius 1 is 1.20 bits per heavy atom. The Morgan fingerprint density at radius 3 is 2.71 bits per heavy atom. The number of aryl methyl sites for hydroxylation is 1. The molecule has 1 unspecified atom stereocenters. The van der Waals surface area contributed by atoms with Crippen molar-refractivity contribution in [2.24, 2.45) is 5.16 Å². The fourth-order valence-electron chi connectivity index (χ4n) is 3.47. The minimum atomic E-state index is -0.866. The van der Waals surface area contributed by atoms with Crippen molar-refractivity contribution < 1.29 is 23.9 Å². The molecule has 3 heterocycles. The molecule has 2 amide bonds. The summed E-state index contributed by atoms with van der Waals surface area (Å²) in [5.41, 5.74) is 2.40. The van der Waals surface area contributed by atoms with E-state index in [1.165, 1.54) is 18.9 Å². The molecule has 1 aliphatic rings. The van der Waals surface area contributed by atoms with Gasteiger partial charge in [-0.15, -0.1) is 0 Å². The van der Waals surface area contributed by atoms with E-state index >= 15 is 0 Å². The summed E-state index contributed by atoms with van der Waals surface area (Å²) in [5, 5.41) is 14.2. The van der Waals surface area contributed by atoms with E-state index in [-0.39, 0.29) is 18.9 Å². The van der Waals surface area contributed by atoms with Gasteiger partial charge in [0.1, 0.15) is 18.0 Å². The number of ether oxygens (including phenoxy) is 2. The number of hydrogen-bond acceptors (Lipinski definition) is 8. The van der Waals surface area contributed by atoms with Gasteiger partial charge in [-0.2, -0.15) is 5.10 Å². The summed E-state index contributed by atoms with van der Waals surface area (Å²) < 4.78 is 12.1. The molecule has 11 nitrogen and oxygen atoms in total. The third-order valence-electron chi connectivity index (χ3n) is 5.22. The van der Waals surface area contributed by atoms with E-state index in [1.807, 2.05) is 0 Å². The first-order valence-electron chi connectivity index (χ1n) is 10.6. The maximum atomic E-state index is 12.8. The summed E-state index contributed by atoms with van der Waals surface area (Å²) in [5.74, 6) is 0.552.